The highest BCUT2D eigenvalue weighted by Gasteiger charge is 2.39. The summed E-state index contributed by atoms with van der Waals surface area (Å²) in [5.74, 6) is 0. The summed E-state index contributed by atoms with van der Waals surface area (Å²) in [6, 6.07) is 0.838. The second kappa shape index (κ2) is 5.50. The highest BCUT2D eigenvalue weighted by molar-refractivity contribution is 4.92. The van der Waals surface area contributed by atoms with E-state index in [4.69, 9.17) is 4.74 Å². The third-order valence-corrected chi connectivity index (χ3v) is 4.00. The Morgan fingerprint density at radius 3 is 2.62 bits per heavy atom. The molecule has 2 heteroatoms. The molecular weight excluding hydrogens is 198 g/mol. The van der Waals surface area contributed by atoms with E-state index in [-0.39, 0.29) is 5.60 Å². The number of ether oxygens (including phenoxy) is 1. The van der Waals surface area contributed by atoms with Crippen LogP contribution >= 0.6 is 0 Å². The molecule has 0 aromatic heterocycles. The molecule has 1 N–H and O–H groups in total. The normalized spacial score (nSPS) is 25.1. The largest absolute Gasteiger partial charge is 0.372 e. The Kier molecular flexibility index (Phi) is 4.26. The molecule has 0 spiro atoms. The van der Waals surface area contributed by atoms with Crippen LogP contribution in [0.5, 0.6) is 0 Å². The van der Waals surface area contributed by atoms with E-state index in [0.29, 0.717) is 6.10 Å². The van der Waals surface area contributed by atoms with Crippen LogP contribution in [0.1, 0.15) is 65.2 Å². The fraction of sp³-hybridized carbons (Fsp3) is 1.00. The molecular formula is C14H27NO. The van der Waals surface area contributed by atoms with Gasteiger partial charge in [-0.2, -0.15) is 0 Å². The summed E-state index contributed by atoms with van der Waals surface area (Å²) in [4.78, 5) is 0. The van der Waals surface area contributed by atoms with Gasteiger partial charge in [0.15, 0.2) is 0 Å². The first kappa shape index (κ1) is 12.4. The predicted molar refractivity (Wildman–Crippen MR) is 67.7 cm³/mol. The quantitative estimate of drug-likeness (QED) is 0.684. The Morgan fingerprint density at radius 2 is 2.12 bits per heavy atom. The van der Waals surface area contributed by atoms with Gasteiger partial charge >= 0.3 is 0 Å². The topological polar surface area (TPSA) is 21.3 Å². The molecule has 2 nitrogen and oxygen atoms in total. The minimum Gasteiger partial charge on any atom is -0.372 e. The van der Waals surface area contributed by atoms with Gasteiger partial charge in [0.2, 0.25) is 0 Å². The Hall–Kier alpha value is -0.0800. The maximum Gasteiger partial charge on any atom is 0.0698 e. The lowest BCUT2D eigenvalue weighted by Crippen LogP contribution is -2.44. The minimum absolute atomic E-state index is 0.247. The number of hydrogen-bond donors (Lipinski definition) is 1. The molecule has 2 aliphatic carbocycles. The van der Waals surface area contributed by atoms with Crippen LogP contribution in [0.3, 0.4) is 0 Å². The molecule has 2 aliphatic rings. The van der Waals surface area contributed by atoms with Crippen molar-refractivity contribution in [1.29, 1.82) is 0 Å². The van der Waals surface area contributed by atoms with Gasteiger partial charge < -0.3 is 10.1 Å². The van der Waals surface area contributed by atoms with Gasteiger partial charge in [-0.05, 0) is 58.4 Å². The summed E-state index contributed by atoms with van der Waals surface area (Å²) in [5, 5.41) is 3.61. The standard InChI is InChI=1S/C14H27NO/c1-3-5-12(2)16-14(8-4-9-14)10-11-15-13-6-7-13/h12-13,15H,3-11H2,1-2H3. The number of nitrogens with one attached hydrogen (secondary N) is 1. The summed E-state index contributed by atoms with van der Waals surface area (Å²) >= 11 is 0. The van der Waals surface area contributed by atoms with Crippen molar-refractivity contribution in [3.63, 3.8) is 0 Å². The van der Waals surface area contributed by atoms with Crippen molar-refractivity contribution in [1.82, 2.24) is 5.32 Å². The van der Waals surface area contributed by atoms with Crippen molar-refractivity contribution >= 4 is 0 Å². The van der Waals surface area contributed by atoms with Crippen LogP contribution in [0, 0.1) is 0 Å². The summed E-state index contributed by atoms with van der Waals surface area (Å²) in [5.41, 5.74) is 0.247. The third kappa shape index (κ3) is 3.46. The van der Waals surface area contributed by atoms with Gasteiger partial charge in [-0.15, -0.1) is 0 Å². The smallest absolute Gasteiger partial charge is 0.0698 e. The third-order valence-electron chi connectivity index (χ3n) is 4.00. The zero-order valence-electron chi connectivity index (χ0n) is 10.9. The lowest BCUT2D eigenvalue weighted by atomic mass is 9.77. The number of rotatable bonds is 8. The van der Waals surface area contributed by atoms with Crippen LogP contribution in [0.4, 0.5) is 0 Å². The van der Waals surface area contributed by atoms with E-state index in [1.165, 1.54) is 51.4 Å². The Morgan fingerprint density at radius 1 is 1.38 bits per heavy atom. The molecule has 0 bridgehead atoms. The minimum atomic E-state index is 0.247. The van der Waals surface area contributed by atoms with E-state index in [9.17, 15) is 0 Å². The van der Waals surface area contributed by atoms with Crippen molar-refractivity contribution in [2.75, 3.05) is 6.54 Å². The molecule has 2 fully saturated rings. The van der Waals surface area contributed by atoms with Crippen molar-refractivity contribution < 1.29 is 4.74 Å². The second-order valence-corrected chi connectivity index (χ2v) is 5.73. The Labute approximate surface area is 100 Å². The van der Waals surface area contributed by atoms with E-state index >= 15 is 0 Å². The summed E-state index contributed by atoms with van der Waals surface area (Å²) in [6.45, 7) is 5.63. The first-order valence-electron chi connectivity index (χ1n) is 7.15. The molecule has 0 aliphatic heterocycles. The molecule has 1 unspecified atom stereocenters. The van der Waals surface area contributed by atoms with Crippen molar-refractivity contribution in [2.45, 2.75) is 83.0 Å². The van der Waals surface area contributed by atoms with Gasteiger partial charge in [-0.1, -0.05) is 13.3 Å². The molecule has 94 valence electrons. The maximum atomic E-state index is 6.28. The zero-order valence-corrected chi connectivity index (χ0v) is 10.9. The van der Waals surface area contributed by atoms with Crippen molar-refractivity contribution in [3.05, 3.63) is 0 Å². The lowest BCUT2D eigenvalue weighted by Gasteiger charge is -2.44. The molecule has 0 heterocycles. The maximum absolute atomic E-state index is 6.28. The molecule has 0 saturated heterocycles. The van der Waals surface area contributed by atoms with Crippen LogP contribution in [0.2, 0.25) is 0 Å². The highest BCUT2D eigenvalue weighted by Crippen LogP contribution is 2.40. The molecule has 16 heavy (non-hydrogen) atoms. The van der Waals surface area contributed by atoms with Gasteiger partial charge in [-0.25, -0.2) is 0 Å². The number of hydrogen-bond acceptors (Lipinski definition) is 2. The first-order chi connectivity index (χ1) is 7.74. The van der Waals surface area contributed by atoms with E-state index in [1.54, 1.807) is 0 Å². The van der Waals surface area contributed by atoms with E-state index < -0.39 is 0 Å². The molecule has 2 rings (SSSR count). The molecule has 1 atom stereocenters. The molecule has 2 saturated carbocycles. The predicted octanol–water partition coefficient (Wildman–Crippen LogP) is 3.26. The Bertz CT molecular complexity index is 209. The molecule has 0 radical (unpaired) electrons. The van der Waals surface area contributed by atoms with E-state index in [2.05, 4.69) is 19.2 Å². The van der Waals surface area contributed by atoms with Crippen LogP contribution in [-0.2, 0) is 4.74 Å². The zero-order chi connectivity index (χ0) is 11.4. The van der Waals surface area contributed by atoms with Crippen LogP contribution in [0.15, 0.2) is 0 Å². The summed E-state index contributed by atoms with van der Waals surface area (Å²) < 4.78 is 6.28. The fourth-order valence-corrected chi connectivity index (χ4v) is 2.68. The molecule has 0 amide bonds. The second-order valence-electron chi connectivity index (χ2n) is 5.73. The SMILES string of the molecule is CCCC(C)OC1(CCNC2CC2)CCC1. The van der Waals surface area contributed by atoms with Gasteiger partial charge in [0.1, 0.15) is 0 Å². The van der Waals surface area contributed by atoms with Crippen molar-refractivity contribution in [3.8, 4) is 0 Å². The summed E-state index contributed by atoms with van der Waals surface area (Å²) in [7, 11) is 0. The van der Waals surface area contributed by atoms with Crippen LogP contribution in [0.25, 0.3) is 0 Å². The average Bonchev–Trinajstić information content (AvgIpc) is 2.98. The van der Waals surface area contributed by atoms with Crippen LogP contribution < -0.4 is 5.32 Å². The highest BCUT2D eigenvalue weighted by atomic mass is 16.5. The molecule has 0 aromatic carbocycles. The monoisotopic (exact) mass is 225 g/mol. The van der Waals surface area contributed by atoms with Crippen molar-refractivity contribution in [2.24, 2.45) is 0 Å². The van der Waals surface area contributed by atoms with Gasteiger partial charge in [-0.3, -0.25) is 0 Å². The van der Waals surface area contributed by atoms with Gasteiger partial charge in [0.25, 0.3) is 0 Å². The van der Waals surface area contributed by atoms with Gasteiger partial charge in [0, 0.05) is 6.04 Å². The first-order valence-corrected chi connectivity index (χ1v) is 7.15. The fourth-order valence-electron chi connectivity index (χ4n) is 2.68. The van der Waals surface area contributed by atoms with E-state index in [1.807, 2.05) is 0 Å². The van der Waals surface area contributed by atoms with E-state index in [0.717, 1.165) is 12.6 Å². The lowest BCUT2D eigenvalue weighted by molar-refractivity contribution is -0.139. The van der Waals surface area contributed by atoms with Gasteiger partial charge in [0.05, 0.1) is 11.7 Å². The molecule has 0 aromatic rings. The van der Waals surface area contributed by atoms with Crippen LogP contribution in [-0.4, -0.2) is 24.3 Å². The average molecular weight is 225 g/mol. The summed E-state index contributed by atoms with van der Waals surface area (Å²) in [6.07, 6.45) is 10.8. The Balaban J connectivity index is 1.67.